The number of aliphatic carboxylic acids is 1. The first-order chi connectivity index (χ1) is 9.99. The van der Waals surface area contributed by atoms with Crippen LogP contribution in [0.1, 0.15) is 6.92 Å². The highest BCUT2D eigenvalue weighted by atomic mass is 16.5. The van der Waals surface area contributed by atoms with Crippen LogP contribution in [0.4, 0.5) is 4.79 Å². The highest BCUT2D eigenvalue weighted by Crippen LogP contribution is 2.19. The number of carbonyl (C=O) groups is 2. The summed E-state index contributed by atoms with van der Waals surface area (Å²) in [4.78, 5) is 24.7. The van der Waals surface area contributed by atoms with Crippen molar-refractivity contribution < 1.29 is 19.4 Å². The molecule has 2 N–H and O–H groups in total. The van der Waals surface area contributed by atoms with E-state index < -0.39 is 17.9 Å². The smallest absolute Gasteiger partial charge is 0.317 e. The third kappa shape index (κ3) is 3.72. The molecule has 8 nitrogen and oxygen atoms in total. The van der Waals surface area contributed by atoms with E-state index in [-0.39, 0.29) is 25.3 Å². The molecule has 21 heavy (non-hydrogen) atoms. The number of carboxylic acid groups (broad SMARTS) is 1. The van der Waals surface area contributed by atoms with Crippen molar-refractivity contribution in [3.05, 3.63) is 18.5 Å². The molecule has 2 heterocycles. The summed E-state index contributed by atoms with van der Waals surface area (Å²) in [5.41, 5.74) is 0. The van der Waals surface area contributed by atoms with E-state index in [2.05, 4.69) is 10.4 Å². The first-order valence-corrected chi connectivity index (χ1v) is 6.80. The number of amides is 2. The molecule has 116 valence electrons. The van der Waals surface area contributed by atoms with E-state index >= 15 is 0 Å². The average Bonchev–Trinajstić information content (AvgIpc) is 3.07. The van der Waals surface area contributed by atoms with Crippen molar-refractivity contribution in [2.75, 3.05) is 20.3 Å². The van der Waals surface area contributed by atoms with Gasteiger partial charge in [-0.1, -0.05) is 0 Å². The fraction of sp³-hybridized carbons (Fsp3) is 0.615. The maximum Gasteiger partial charge on any atom is 0.317 e. The summed E-state index contributed by atoms with van der Waals surface area (Å²) in [6.07, 6.45) is 3.49. The molecule has 1 fully saturated rings. The molecule has 1 aliphatic rings. The Morgan fingerprint density at radius 2 is 2.33 bits per heavy atom. The Kier molecular flexibility index (Phi) is 4.79. The van der Waals surface area contributed by atoms with Crippen LogP contribution in [0.5, 0.6) is 0 Å². The van der Waals surface area contributed by atoms with Crippen LogP contribution < -0.4 is 5.32 Å². The van der Waals surface area contributed by atoms with Gasteiger partial charge in [0, 0.05) is 25.5 Å². The van der Waals surface area contributed by atoms with E-state index in [1.807, 2.05) is 19.2 Å². The zero-order valence-corrected chi connectivity index (χ0v) is 12.1. The summed E-state index contributed by atoms with van der Waals surface area (Å²) in [5.74, 6) is -1.62. The molecule has 2 amide bonds. The van der Waals surface area contributed by atoms with Crippen molar-refractivity contribution in [2.45, 2.75) is 25.6 Å². The van der Waals surface area contributed by atoms with Crippen LogP contribution in [0.15, 0.2) is 18.5 Å². The Hall–Kier alpha value is -2.09. The van der Waals surface area contributed by atoms with Gasteiger partial charge in [-0.25, -0.2) is 4.79 Å². The fourth-order valence-corrected chi connectivity index (χ4v) is 2.36. The van der Waals surface area contributed by atoms with Gasteiger partial charge in [-0.15, -0.1) is 0 Å². The molecule has 8 heteroatoms. The third-order valence-electron chi connectivity index (χ3n) is 3.58. The van der Waals surface area contributed by atoms with Crippen molar-refractivity contribution >= 4 is 12.0 Å². The van der Waals surface area contributed by atoms with Gasteiger partial charge in [0.1, 0.15) is 5.92 Å². The zero-order valence-electron chi connectivity index (χ0n) is 12.1. The van der Waals surface area contributed by atoms with E-state index in [1.54, 1.807) is 17.9 Å². The van der Waals surface area contributed by atoms with Gasteiger partial charge in [0.05, 0.1) is 25.8 Å². The van der Waals surface area contributed by atoms with Gasteiger partial charge >= 0.3 is 12.0 Å². The van der Waals surface area contributed by atoms with Gasteiger partial charge in [0.25, 0.3) is 0 Å². The summed E-state index contributed by atoms with van der Waals surface area (Å²) in [6, 6.07) is 0.940. The minimum absolute atomic E-state index is 0.120. The number of carboxylic acids is 1. The molecule has 0 saturated carbocycles. The summed E-state index contributed by atoms with van der Waals surface area (Å²) < 4.78 is 6.90. The average molecular weight is 296 g/mol. The topological polar surface area (TPSA) is 96.7 Å². The van der Waals surface area contributed by atoms with Gasteiger partial charge in [0.15, 0.2) is 0 Å². The number of hydrogen-bond acceptors (Lipinski definition) is 4. The van der Waals surface area contributed by atoms with Crippen LogP contribution in [0.25, 0.3) is 0 Å². The molecule has 3 atom stereocenters. The number of likely N-dealkylation sites (N-methyl/N-ethyl adjacent to an activating group) is 1. The van der Waals surface area contributed by atoms with E-state index in [0.717, 1.165) is 0 Å². The molecule has 0 aromatic carbocycles. The highest BCUT2D eigenvalue weighted by Gasteiger charge is 2.38. The van der Waals surface area contributed by atoms with E-state index in [1.165, 1.54) is 4.90 Å². The number of rotatable bonds is 5. The Morgan fingerprint density at radius 3 is 2.95 bits per heavy atom. The predicted molar refractivity (Wildman–Crippen MR) is 73.7 cm³/mol. The van der Waals surface area contributed by atoms with Crippen LogP contribution in [-0.4, -0.2) is 64.1 Å². The van der Waals surface area contributed by atoms with Crippen molar-refractivity contribution in [1.29, 1.82) is 0 Å². The largest absolute Gasteiger partial charge is 0.481 e. The Morgan fingerprint density at radius 1 is 1.57 bits per heavy atom. The van der Waals surface area contributed by atoms with E-state index in [4.69, 9.17) is 9.84 Å². The number of nitrogens with one attached hydrogen (secondary N) is 1. The number of carbonyl (C=O) groups excluding carboxylic acids is 1. The second-order valence-corrected chi connectivity index (χ2v) is 5.24. The minimum atomic E-state index is -0.943. The molecule has 3 unspecified atom stereocenters. The molecule has 0 bridgehead atoms. The van der Waals surface area contributed by atoms with Crippen molar-refractivity contribution in [1.82, 2.24) is 20.0 Å². The van der Waals surface area contributed by atoms with Gasteiger partial charge in [-0.2, -0.15) is 5.10 Å². The van der Waals surface area contributed by atoms with E-state index in [0.29, 0.717) is 6.54 Å². The van der Waals surface area contributed by atoms with Crippen LogP contribution in [0.3, 0.4) is 0 Å². The first-order valence-electron chi connectivity index (χ1n) is 6.80. The second-order valence-electron chi connectivity index (χ2n) is 5.24. The Bertz CT molecular complexity index is 490. The summed E-state index contributed by atoms with van der Waals surface area (Å²) >= 11 is 0. The Balaban J connectivity index is 1.88. The standard InChI is InChI=1S/C13H20N4O4/c1-9(6-17-5-3-4-14-17)15-13(20)16(2)11-8-21-7-10(11)12(18)19/h3-5,9-11H,6-8H2,1-2H3,(H,15,20)(H,18,19). The monoisotopic (exact) mass is 296 g/mol. The second kappa shape index (κ2) is 6.57. The van der Waals surface area contributed by atoms with E-state index in [9.17, 15) is 9.59 Å². The van der Waals surface area contributed by atoms with Gasteiger partial charge in [0.2, 0.25) is 0 Å². The Labute approximate surface area is 122 Å². The predicted octanol–water partition coefficient (Wildman–Crippen LogP) is 0.0126. The molecule has 0 aliphatic carbocycles. The van der Waals surface area contributed by atoms with Crippen LogP contribution in [0, 0.1) is 5.92 Å². The molecule has 1 aromatic rings. The number of urea groups is 1. The van der Waals surface area contributed by atoms with Gasteiger partial charge < -0.3 is 20.1 Å². The van der Waals surface area contributed by atoms with Crippen LogP contribution in [0.2, 0.25) is 0 Å². The van der Waals surface area contributed by atoms with Gasteiger partial charge in [-0.05, 0) is 13.0 Å². The lowest BCUT2D eigenvalue weighted by atomic mass is 10.0. The quantitative estimate of drug-likeness (QED) is 0.798. The summed E-state index contributed by atoms with van der Waals surface area (Å²) in [6.45, 7) is 2.80. The molecule has 1 saturated heterocycles. The van der Waals surface area contributed by atoms with Crippen molar-refractivity contribution in [2.24, 2.45) is 5.92 Å². The van der Waals surface area contributed by atoms with Crippen molar-refractivity contribution in [3.63, 3.8) is 0 Å². The van der Waals surface area contributed by atoms with Crippen LogP contribution in [-0.2, 0) is 16.1 Å². The molecular weight excluding hydrogens is 276 g/mol. The molecule has 2 rings (SSSR count). The molecular formula is C13H20N4O4. The minimum Gasteiger partial charge on any atom is -0.481 e. The number of ether oxygens (including phenoxy) is 1. The fourth-order valence-electron chi connectivity index (χ4n) is 2.36. The number of nitrogens with zero attached hydrogens (tertiary/aromatic N) is 3. The normalized spacial score (nSPS) is 22.8. The molecule has 0 radical (unpaired) electrons. The molecule has 1 aliphatic heterocycles. The van der Waals surface area contributed by atoms with Gasteiger partial charge in [-0.3, -0.25) is 9.48 Å². The lowest BCUT2D eigenvalue weighted by molar-refractivity contribution is -0.142. The zero-order chi connectivity index (χ0) is 15.4. The highest BCUT2D eigenvalue weighted by molar-refractivity contribution is 5.77. The SMILES string of the molecule is CC(Cn1cccn1)NC(=O)N(C)C1COCC1C(=O)O. The molecule has 1 aromatic heterocycles. The van der Waals surface area contributed by atoms with Crippen LogP contribution >= 0.6 is 0 Å². The summed E-state index contributed by atoms with van der Waals surface area (Å²) in [7, 11) is 1.59. The third-order valence-corrected chi connectivity index (χ3v) is 3.58. The molecule has 0 spiro atoms. The maximum atomic E-state index is 12.2. The number of aromatic nitrogens is 2. The summed E-state index contributed by atoms with van der Waals surface area (Å²) in [5, 5.41) is 16.0. The first kappa shape index (κ1) is 15.3. The maximum absolute atomic E-state index is 12.2. The number of hydrogen-bond donors (Lipinski definition) is 2. The lowest BCUT2D eigenvalue weighted by Crippen LogP contribution is -2.50. The van der Waals surface area contributed by atoms with Crippen molar-refractivity contribution in [3.8, 4) is 0 Å². The lowest BCUT2D eigenvalue weighted by Gasteiger charge is -2.28.